The second kappa shape index (κ2) is 2.73. The van der Waals surface area contributed by atoms with E-state index in [-0.39, 0.29) is 11.1 Å². The zero-order valence-corrected chi connectivity index (χ0v) is 7.81. The predicted molar refractivity (Wildman–Crippen MR) is 50.6 cm³/mol. The number of hydrogen-bond donors (Lipinski definition) is 3. The fraction of sp³-hybridized carbons (Fsp3) is 0.667. The molecule has 0 aromatic carbocycles. The van der Waals surface area contributed by atoms with Crippen molar-refractivity contribution in [1.29, 1.82) is 0 Å². The first-order chi connectivity index (χ1) is 6.11. The number of aromatic nitrogens is 2. The van der Waals surface area contributed by atoms with Crippen LogP contribution in [0.1, 0.15) is 30.5 Å². The van der Waals surface area contributed by atoms with E-state index in [0.717, 1.165) is 36.9 Å². The first-order valence-electron chi connectivity index (χ1n) is 4.66. The topological polar surface area (TPSA) is 74.7 Å². The summed E-state index contributed by atoms with van der Waals surface area (Å²) in [5.41, 5.74) is 7.78. The van der Waals surface area contributed by atoms with Crippen LogP contribution >= 0.6 is 0 Å². The minimum Gasteiger partial charge on any atom is -0.325 e. The molecule has 13 heavy (non-hydrogen) atoms. The smallest absolute Gasteiger partial charge is 0.267 e. The van der Waals surface area contributed by atoms with Crippen LogP contribution in [0.3, 0.4) is 0 Å². The van der Waals surface area contributed by atoms with E-state index >= 15 is 0 Å². The van der Waals surface area contributed by atoms with Crippen molar-refractivity contribution in [3.8, 4) is 0 Å². The second-order valence-corrected chi connectivity index (χ2v) is 4.05. The largest absolute Gasteiger partial charge is 0.325 e. The molecule has 0 aliphatic heterocycles. The Kier molecular flexibility index (Phi) is 1.80. The summed E-state index contributed by atoms with van der Waals surface area (Å²) in [5, 5.41) is 5.39. The van der Waals surface area contributed by atoms with Gasteiger partial charge in [0.25, 0.3) is 5.56 Å². The maximum absolute atomic E-state index is 11.2. The maximum atomic E-state index is 11.2. The van der Waals surface area contributed by atoms with Gasteiger partial charge in [0.2, 0.25) is 0 Å². The lowest BCUT2D eigenvalue weighted by molar-refractivity contribution is 0.607. The Hall–Kier alpha value is -1.03. The molecular weight excluding hydrogens is 166 g/mol. The van der Waals surface area contributed by atoms with Gasteiger partial charge in [-0.15, -0.1) is 0 Å². The molecule has 0 atom stereocenters. The monoisotopic (exact) mass is 181 g/mol. The van der Waals surface area contributed by atoms with Gasteiger partial charge < -0.3 is 10.8 Å². The van der Waals surface area contributed by atoms with Gasteiger partial charge in [-0.25, -0.2) is 0 Å². The van der Waals surface area contributed by atoms with Gasteiger partial charge in [-0.2, -0.15) is 0 Å². The molecule has 0 saturated heterocycles. The van der Waals surface area contributed by atoms with Gasteiger partial charge in [0.15, 0.2) is 0 Å². The summed E-state index contributed by atoms with van der Waals surface area (Å²) in [5.74, 6) is 0. The molecular formula is C9H15N3O. The highest BCUT2D eigenvalue weighted by Gasteiger charge is 2.37. The lowest BCUT2D eigenvalue weighted by Gasteiger charge is -2.05. The highest BCUT2D eigenvalue weighted by molar-refractivity contribution is 5.16. The third-order valence-corrected chi connectivity index (χ3v) is 2.86. The third-order valence-electron chi connectivity index (χ3n) is 2.86. The molecule has 2 rings (SSSR count). The molecule has 4 N–H and O–H groups in total. The van der Waals surface area contributed by atoms with Crippen LogP contribution in [0.25, 0.3) is 0 Å². The average Bonchev–Trinajstić information content (AvgIpc) is 2.72. The van der Waals surface area contributed by atoms with E-state index in [4.69, 9.17) is 5.73 Å². The van der Waals surface area contributed by atoms with Crippen LogP contribution in [0.4, 0.5) is 0 Å². The molecule has 72 valence electrons. The average molecular weight is 181 g/mol. The zero-order valence-electron chi connectivity index (χ0n) is 7.81. The molecule has 1 saturated carbocycles. The first-order valence-corrected chi connectivity index (χ1v) is 4.66. The van der Waals surface area contributed by atoms with Crippen LogP contribution in [-0.4, -0.2) is 15.7 Å². The molecule has 1 aliphatic carbocycles. The van der Waals surface area contributed by atoms with Crippen LogP contribution in [0.2, 0.25) is 0 Å². The Balaban J connectivity index is 2.05. The lowest BCUT2D eigenvalue weighted by atomic mass is 10.1. The van der Waals surface area contributed by atoms with Crippen molar-refractivity contribution >= 4 is 0 Å². The van der Waals surface area contributed by atoms with Gasteiger partial charge in [0.1, 0.15) is 0 Å². The predicted octanol–water partition coefficient (Wildman–Crippen LogP) is 0.435. The molecule has 1 aromatic rings. The molecule has 0 spiro atoms. The van der Waals surface area contributed by atoms with Gasteiger partial charge in [-0.1, -0.05) is 0 Å². The summed E-state index contributed by atoms with van der Waals surface area (Å²) < 4.78 is 0. The van der Waals surface area contributed by atoms with E-state index in [1.54, 1.807) is 0 Å². The van der Waals surface area contributed by atoms with Crippen molar-refractivity contribution in [3.63, 3.8) is 0 Å². The van der Waals surface area contributed by atoms with Crippen LogP contribution < -0.4 is 11.3 Å². The number of aromatic amines is 2. The van der Waals surface area contributed by atoms with Crippen molar-refractivity contribution < 1.29 is 0 Å². The number of nitrogens with two attached hydrogens (primary N) is 1. The van der Waals surface area contributed by atoms with Gasteiger partial charge in [-0.3, -0.25) is 9.89 Å². The van der Waals surface area contributed by atoms with Crippen LogP contribution in [0.15, 0.2) is 4.79 Å². The summed E-state index contributed by atoms with van der Waals surface area (Å²) in [6.45, 7) is 1.91. The molecule has 1 fully saturated rings. The van der Waals surface area contributed by atoms with Crippen molar-refractivity contribution in [2.24, 2.45) is 5.73 Å². The second-order valence-electron chi connectivity index (χ2n) is 4.05. The molecule has 1 heterocycles. The normalized spacial score (nSPS) is 18.9. The number of aryl methyl sites for hydroxylation is 1. The van der Waals surface area contributed by atoms with Crippen molar-refractivity contribution in [2.45, 2.75) is 38.1 Å². The molecule has 1 aromatic heterocycles. The van der Waals surface area contributed by atoms with E-state index in [1.165, 1.54) is 0 Å². The van der Waals surface area contributed by atoms with Gasteiger partial charge >= 0.3 is 0 Å². The highest BCUT2D eigenvalue weighted by Crippen LogP contribution is 2.36. The van der Waals surface area contributed by atoms with E-state index in [1.807, 2.05) is 6.92 Å². The van der Waals surface area contributed by atoms with Crippen molar-refractivity contribution in [3.05, 3.63) is 21.6 Å². The van der Waals surface area contributed by atoms with E-state index in [2.05, 4.69) is 10.2 Å². The molecule has 0 unspecified atom stereocenters. The summed E-state index contributed by atoms with van der Waals surface area (Å²) in [6, 6.07) is 0. The summed E-state index contributed by atoms with van der Waals surface area (Å²) in [6.07, 6.45) is 3.93. The van der Waals surface area contributed by atoms with Crippen LogP contribution in [-0.2, 0) is 6.42 Å². The Morgan fingerprint density at radius 1 is 1.46 bits per heavy atom. The Morgan fingerprint density at radius 2 is 2.15 bits per heavy atom. The van der Waals surface area contributed by atoms with Crippen LogP contribution in [0, 0.1) is 6.92 Å². The molecule has 1 aliphatic rings. The van der Waals surface area contributed by atoms with E-state index in [0.29, 0.717) is 0 Å². The zero-order chi connectivity index (χ0) is 9.47. The van der Waals surface area contributed by atoms with Crippen molar-refractivity contribution in [1.82, 2.24) is 10.2 Å². The van der Waals surface area contributed by atoms with Gasteiger partial charge in [-0.05, 0) is 32.6 Å². The van der Waals surface area contributed by atoms with E-state index < -0.39 is 0 Å². The molecule has 4 heteroatoms. The SMILES string of the molecule is Cc1[nH][nH]c(=O)c1CCC1(N)CC1. The van der Waals surface area contributed by atoms with Gasteiger partial charge in [0, 0.05) is 16.8 Å². The Bertz CT molecular complexity index is 359. The maximum Gasteiger partial charge on any atom is 0.267 e. The standard InChI is InChI=1S/C9H15N3O/c1-6-7(8(13)12-11-6)2-3-9(10)4-5-9/h2-5,10H2,1H3,(H2,11,12,13). The minimum absolute atomic E-state index is 0.00162. The Labute approximate surface area is 76.5 Å². The fourth-order valence-electron chi connectivity index (χ4n) is 1.56. The molecule has 0 bridgehead atoms. The summed E-state index contributed by atoms with van der Waals surface area (Å²) in [7, 11) is 0. The fourth-order valence-corrected chi connectivity index (χ4v) is 1.56. The minimum atomic E-state index is 0.00162. The molecule has 4 nitrogen and oxygen atoms in total. The number of rotatable bonds is 3. The first kappa shape index (κ1) is 8.56. The summed E-state index contributed by atoms with van der Waals surface area (Å²) >= 11 is 0. The summed E-state index contributed by atoms with van der Waals surface area (Å²) in [4.78, 5) is 11.2. The number of nitrogens with one attached hydrogen (secondary N) is 2. The molecule has 0 radical (unpaired) electrons. The number of hydrogen-bond acceptors (Lipinski definition) is 2. The Morgan fingerprint density at radius 3 is 2.62 bits per heavy atom. The molecule has 0 amide bonds. The van der Waals surface area contributed by atoms with Gasteiger partial charge in [0.05, 0.1) is 0 Å². The van der Waals surface area contributed by atoms with Crippen molar-refractivity contribution in [2.75, 3.05) is 0 Å². The van der Waals surface area contributed by atoms with Crippen LogP contribution in [0.5, 0.6) is 0 Å². The quantitative estimate of drug-likeness (QED) is 0.632. The number of H-pyrrole nitrogens is 2. The lowest BCUT2D eigenvalue weighted by Crippen LogP contribution is -2.23. The third kappa shape index (κ3) is 1.67. The highest BCUT2D eigenvalue weighted by atomic mass is 16.1. The van der Waals surface area contributed by atoms with E-state index in [9.17, 15) is 4.79 Å².